The topological polar surface area (TPSA) is 81.1 Å². The van der Waals surface area contributed by atoms with Gasteiger partial charge in [-0.25, -0.2) is 4.98 Å². The molecule has 0 fully saturated rings. The van der Waals surface area contributed by atoms with E-state index in [9.17, 15) is 10.1 Å². The highest BCUT2D eigenvalue weighted by Crippen LogP contribution is 2.31. The van der Waals surface area contributed by atoms with Gasteiger partial charge in [0.25, 0.3) is 5.69 Å². The molecular weight excluding hydrogens is 318 g/mol. The van der Waals surface area contributed by atoms with E-state index in [-0.39, 0.29) is 11.8 Å². The Morgan fingerprint density at radius 3 is 2.70 bits per heavy atom. The first-order valence-electron chi connectivity index (χ1n) is 7.05. The molecule has 0 bridgehead atoms. The van der Waals surface area contributed by atoms with Gasteiger partial charge in [-0.3, -0.25) is 10.1 Å². The Hall–Kier alpha value is -2.60. The predicted molar refractivity (Wildman–Crippen MR) is 89.0 cm³/mol. The van der Waals surface area contributed by atoms with E-state index in [0.29, 0.717) is 27.6 Å². The van der Waals surface area contributed by atoms with Crippen molar-refractivity contribution in [1.29, 1.82) is 0 Å². The Morgan fingerprint density at radius 2 is 2.04 bits per heavy atom. The van der Waals surface area contributed by atoms with Crippen LogP contribution in [0.4, 0.5) is 5.69 Å². The zero-order valence-corrected chi connectivity index (χ0v) is 13.3. The van der Waals surface area contributed by atoms with E-state index >= 15 is 0 Å². The minimum absolute atomic E-state index is 0.0198. The molecule has 1 N–H and O–H groups in total. The Labute approximate surface area is 137 Å². The number of nitro benzene ring substituents is 1. The van der Waals surface area contributed by atoms with Crippen molar-refractivity contribution in [1.82, 2.24) is 9.97 Å². The smallest absolute Gasteiger partial charge is 0.271 e. The molecule has 0 aliphatic rings. The summed E-state index contributed by atoms with van der Waals surface area (Å²) in [6.45, 7) is 3.85. The summed E-state index contributed by atoms with van der Waals surface area (Å²) in [6.07, 6.45) is 0.0325. The maximum Gasteiger partial charge on any atom is 0.271 e. The summed E-state index contributed by atoms with van der Waals surface area (Å²) >= 11 is 6.23. The van der Waals surface area contributed by atoms with Crippen LogP contribution in [0.25, 0.3) is 22.4 Å². The number of hydrogen-bond acceptors (Lipinski definition) is 4. The Kier molecular flexibility index (Phi) is 3.92. The van der Waals surface area contributed by atoms with Crippen molar-refractivity contribution >= 4 is 28.3 Å². The van der Waals surface area contributed by atoms with Gasteiger partial charge in [0.2, 0.25) is 0 Å². The number of non-ortho nitro benzene ring substituents is 1. The quantitative estimate of drug-likeness (QED) is 0.560. The third-order valence-electron chi connectivity index (χ3n) is 3.24. The molecule has 0 amide bonds. The maximum atomic E-state index is 10.8. The van der Waals surface area contributed by atoms with E-state index in [2.05, 4.69) is 9.97 Å². The number of nitrogens with zero attached hydrogens (tertiary/aromatic N) is 2. The van der Waals surface area contributed by atoms with E-state index in [1.165, 1.54) is 12.1 Å². The van der Waals surface area contributed by atoms with Crippen LogP contribution < -0.4 is 4.74 Å². The lowest BCUT2D eigenvalue weighted by Gasteiger charge is -2.11. The molecule has 0 radical (unpaired) electrons. The van der Waals surface area contributed by atoms with Gasteiger partial charge in [0.05, 0.1) is 27.1 Å². The van der Waals surface area contributed by atoms with Crippen LogP contribution >= 0.6 is 11.6 Å². The van der Waals surface area contributed by atoms with Crippen LogP contribution in [0.2, 0.25) is 5.02 Å². The Morgan fingerprint density at radius 1 is 1.26 bits per heavy atom. The standard InChI is InChI=1S/C16H14ClN3O3/c1-9(2)23-15-6-3-10(7-12(15)17)16-18-13-5-4-11(20(21)22)8-14(13)19-16/h3-9H,1-2H3,(H,18,19). The van der Waals surface area contributed by atoms with E-state index in [1.807, 2.05) is 19.9 Å². The number of hydrogen-bond donors (Lipinski definition) is 1. The van der Waals surface area contributed by atoms with Crippen molar-refractivity contribution in [3.63, 3.8) is 0 Å². The van der Waals surface area contributed by atoms with E-state index < -0.39 is 4.92 Å². The van der Waals surface area contributed by atoms with Gasteiger partial charge in [0, 0.05) is 17.7 Å². The highest BCUT2D eigenvalue weighted by molar-refractivity contribution is 6.32. The van der Waals surface area contributed by atoms with Gasteiger partial charge in [-0.2, -0.15) is 0 Å². The molecule has 6 nitrogen and oxygen atoms in total. The van der Waals surface area contributed by atoms with Gasteiger partial charge in [-0.15, -0.1) is 0 Å². The summed E-state index contributed by atoms with van der Waals surface area (Å²) in [6, 6.07) is 9.89. The number of aromatic nitrogens is 2. The van der Waals surface area contributed by atoms with Gasteiger partial charge in [0.15, 0.2) is 0 Å². The van der Waals surface area contributed by atoms with Crippen molar-refractivity contribution in [2.24, 2.45) is 0 Å². The Balaban J connectivity index is 1.99. The van der Waals surface area contributed by atoms with Crippen molar-refractivity contribution < 1.29 is 9.66 Å². The van der Waals surface area contributed by atoms with Crippen LogP contribution in [-0.2, 0) is 0 Å². The molecular formula is C16H14ClN3O3. The molecule has 7 heteroatoms. The van der Waals surface area contributed by atoms with Crippen LogP contribution in [0, 0.1) is 10.1 Å². The minimum Gasteiger partial charge on any atom is -0.489 e. The number of halogens is 1. The van der Waals surface area contributed by atoms with Gasteiger partial charge >= 0.3 is 0 Å². The van der Waals surface area contributed by atoms with Gasteiger partial charge in [0.1, 0.15) is 11.6 Å². The fourth-order valence-corrected chi connectivity index (χ4v) is 2.47. The van der Waals surface area contributed by atoms with Crippen LogP contribution in [0.3, 0.4) is 0 Å². The second-order valence-corrected chi connectivity index (χ2v) is 5.76. The van der Waals surface area contributed by atoms with Crippen LogP contribution in [0.1, 0.15) is 13.8 Å². The molecule has 118 valence electrons. The molecule has 3 rings (SSSR count). The van der Waals surface area contributed by atoms with E-state index in [0.717, 1.165) is 5.56 Å². The number of nitro groups is 1. The fraction of sp³-hybridized carbons (Fsp3) is 0.188. The highest BCUT2D eigenvalue weighted by Gasteiger charge is 2.12. The van der Waals surface area contributed by atoms with Gasteiger partial charge in [-0.05, 0) is 38.1 Å². The summed E-state index contributed by atoms with van der Waals surface area (Å²) in [5.74, 6) is 1.20. The molecule has 0 atom stereocenters. The number of rotatable bonds is 4. The minimum atomic E-state index is -0.436. The number of imidazole rings is 1. The monoisotopic (exact) mass is 331 g/mol. The van der Waals surface area contributed by atoms with Crippen molar-refractivity contribution in [3.8, 4) is 17.1 Å². The largest absolute Gasteiger partial charge is 0.489 e. The molecule has 23 heavy (non-hydrogen) atoms. The Bertz CT molecular complexity index is 889. The summed E-state index contributed by atoms with van der Waals surface area (Å²) in [4.78, 5) is 17.9. The highest BCUT2D eigenvalue weighted by atomic mass is 35.5. The average molecular weight is 332 g/mol. The predicted octanol–water partition coefficient (Wildman–Crippen LogP) is 4.58. The van der Waals surface area contributed by atoms with Crippen molar-refractivity contribution in [3.05, 3.63) is 51.5 Å². The van der Waals surface area contributed by atoms with E-state index in [1.54, 1.807) is 18.2 Å². The average Bonchev–Trinajstić information content (AvgIpc) is 2.91. The zero-order valence-electron chi connectivity index (χ0n) is 12.5. The normalized spacial score (nSPS) is 11.1. The van der Waals surface area contributed by atoms with Crippen LogP contribution in [-0.4, -0.2) is 21.0 Å². The van der Waals surface area contributed by atoms with Gasteiger partial charge in [-0.1, -0.05) is 11.6 Å². The molecule has 0 saturated carbocycles. The number of nitrogens with one attached hydrogen (secondary N) is 1. The summed E-state index contributed by atoms with van der Waals surface area (Å²) < 4.78 is 5.60. The lowest BCUT2D eigenvalue weighted by Crippen LogP contribution is -2.05. The van der Waals surface area contributed by atoms with Crippen LogP contribution in [0.15, 0.2) is 36.4 Å². The van der Waals surface area contributed by atoms with Crippen LogP contribution in [0.5, 0.6) is 5.75 Å². The second kappa shape index (κ2) is 5.89. The molecule has 0 aliphatic heterocycles. The molecule has 2 aromatic carbocycles. The number of fused-ring (bicyclic) bond motifs is 1. The third kappa shape index (κ3) is 3.12. The number of ether oxygens (including phenoxy) is 1. The molecule has 1 heterocycles. The fourth-order valence-electron chi connectivity index (χ4n) is 2.25. The summed E-state index contributed by atoms with van der Waals surface area (Å²) in [5.41, 5.74) is 2.06. The number of aromatic amines is 1. The first-order valence-corrected chi connectivity index (χ1v) is 7.42. The number of benzene rings is 2. The molecule has 0 saturated heterocycles. The SMILES string of the molecule is CC(C)Oc1ccc(-c2nc3ccc([N+](=O)[O-])cc3[nH]2)cc1Cl. The number of H-pyrrole nitrogens is 1. The van der Waals surface area contributed by atoms with Crippen molar-refractivity contribution in [2.45, 2.75) is 20.0 Å². The van der Waals surface area contributed by atoms with E-state index in [4.69, 9.17) is 16.3 Å². The lowest BCUT2D eigenvalue weighted by molar-refractivity contribution is -0.384. The van der Waals surface area contributed by atoms with Gasteiger partial charge < -0.3 is 9.72 Å². The summed E-state index contributed by atoms with van der Waals surface area (Å²) in [5, 5.41) is 11.3. The molecule has 3 aromatic rings. The second-order valence-electron chi connectivity index (χ2n) is 5.36. The van der Waals surface area contributed by atoms with Crippen molar-refractivity contribution in [2.75, 3.05) is 0 Å². The third-order valence-corrected chi connectivity index (χ3v) is 3.54. The maximum absolute atomic E-state index is 10.8. The molecule has 1 aromatic heterocycles. The zero-order chi connectivity index (χ0) is 16.6. The first kappa shape index (κ1) is 15.3. The first-order chi connectivity index (χ1) is 10.9. The summed E-state index contributed by atoms with van der Waals surface area (Å²) in [7, 11) is 0. The lowest BCUT2D eigenvalue weighted by atomic mass is 10.2. The molecule has 0 aliphatic carbocycles. The molecule has 0 unspecified atom stereocenters. The molecule has 0 spiro atoms.